The van der Waals surface area contributed by atoms with Gasteiger partial charge in [-0.1, -0.05) is 60.7 Å². The highest BCUT2D eigenvalue weighted by molar-refractivity contribution is 6.04. The Morgan fingerprint density at radius 3 is 1.76 bits per heavy atom. The summed E-state index contributed by atoms with van der Waals surface area (Å²) < 4.78 is 2.13. The van der Waals surface area contributed by atoms with Crippen LogP contribution in [0, 0.1) is 0 Å². The largest absolute Gasteiger partial charge is 0.378 e. The normalized spacial score (nSPS) is 12.7. The number of nitrogens with zero attached hydrogens (tertiary/aromatic N) is 3. The van der Waals surface area contributed by atoms with E-state index in [0.717, 1.165) is 5.69 Å². The van der Waals surface area contributed by atoms with Gasteiger partial charge in [0, 0.05) is 55.7 Å². The van der Waals surface area contributed by atoms with Gasteiger partial charge in [0.2, 0.25) is 0 Å². The molecule has 0 aromatic heterocycles. The topological polar surface area (TPSA) is 9.49 Å². The molecule has 0 spiro atoms. The Balaban J connectivity index is 1.55. The number of rotatable bonds is 5. The second-order valence-corrected chi connectivity index (χ2v) is 9.86. The van der Waals surface area contributed by atoms with Gasteiger partial charge in [-0.2, -0.15) is 0 Å². The quantitative estimate of drug-likeness (QED) is 0.275. The van der Waals surface area contributed by atoms with Gasteiger partial charge in [-0.3, -0.25) is 0 Å². The van der Waals surface area contributed by atoms with Crippen molar-refractivity contribution in [2.45, 2.75) is 0 Å². The van der Waals surface area contributed by atoms with Crippen LogP contribution in [0.4, 0.5) is 17.1 Å². The van der Waals surface area contributed by atoms with E-state index < -0.39 is 0 Å². The minimum Gasteiger partial charge on any atom is -0.378 e. The molecule has 3 heteroatoms. The maximum Gasteiger partial charge on any atom is 0.199 e. The van der Waals surface area contributed by atoms with E-state index in [4.69, 9.17) is 0 Å². The van der Waals surface area contributed by atoms with Crippen molar-refractivity contribution in [3.8, 4) is 0 Å². The number of anilines is 3. The third-order valence-corrected chi connectivity index (χ3v) is 7.02. The first-order valence-corrected chi connectivity index (χ1v) is 12.7. The standard InChI is InChI=1S/C34H34N3/c1-35(2)29-19-13-26(14-20-29)34(27-15-21-30(22-16-27)36(3)4)28-17-23-31(24-18-28)37(5)33-12-8-10-25-9-6-7-11-32(25)33/h6-24H,1-5H3/q+1. The van der Waals surface area contributed by atoms with E-state index >= 15 is 0 Å². The summed E-state index contributed by atoms with van der Waals surface area (Å²) in [4.78, 5) is 4.40. The maximum atomic E-state index is 2.27. The second-order valence-electron chi connectivity index (χ2n) is 9.86. The van der Waals surface area contributed by atoms with Crippen LogP contribution >= 0.6 is 0 Å². The van der Waals surface area contributed by atoms with Gasteiger partial charge in [-0.05, 0) is 70.1 Å². The molecular formula is C34H34N3+. The zero-order valence-electron chi connectivity index (χ0n) is 22.3. The Labute approximate surface area is 220 Å². The molecule has 184 valence electrons. The molecule has 1 aliphatic carbocycles. The summed E-state index contributed by atoms with van der Waals surface area (Å²) in [7, 11) is 10.4. The van der Waals surface area contributed by atoms with E-state index in [1.54, 1.807) is 0 Å². The van der Waals surface area contributed by atoms with E-state index in [-0.39, 0.29) is 0 Å². The van der Waals surface area contributed by atoms with Crippen LogP contribution in [0.3, 0.4) is 0 Å². The van der Waals surface area contributed by atoms with E-state index in [1.165, 1.54) is 50.1 Å². The predicted octanol–water partition coefficient (Wildman–Crippen LogP) is 7.31. The van der Waals surface area contributed by atoms with Crippen molar-refractivity contribution in [1.82, 2.24) is 0 Å². The van der Waals surface area contributed by atoms with Crippen LogP contribution < -0.4 is 9.80 Å². The Bertz CT molecular complexity index is 1520. The van der Waals surface area contributed by atoms with Crippen molar-refractivity contribution in [3.63, 3.8) is 0 Å². The number of allylic oxidation sites excluding steroid dienone is 5. The molecule has 4 aromatic rings. The van der Waals surface area contributed by atoms with E-state index in [1.807, 2.05) is 0 Å². The monoisotopic (exact) mass is 484 g/mol. The maximum absolute atomic E-state index is 2.27. The first-order valence-electron chi connectivity index (χ1n) is 12.7. The summed E-state index contributed by atoms with van der Waals surface area (Å²) in [6.45, 7) is 0. The summed E-state index contributed by atoms with van der Waals surface area (Å²) in [6, 6.07) is 32.8. The first kappa shape index (κ1) is 24.3. The lowest BCUT2D eigenvalue weighted by atomic mass is 9.90. The van der Waals surface area contributed by atoms with Crippen LogP contribution in [0.15, 0.2) is 121 Å². The van der Waals surface area contributed by atoms with Gasteiger partial charge in [-0.25, -0.2) is 4.58 Å². The molecule has 37 heavy (non-hydrogen) atoms. The van der Waals surface area contributed by atoms with Crippen molar-refractivity contribution in [1.29, 1.82) is 0 Å². The average molecular weight is 485 g/mol. The lowest BCUT2D eigenvalue weighted by Crippen LogP contribution is -2.10. The first-order chi connectivity index (χ1) is 17.9. The van der Waals surface area contributed by atoms with Crippen molar-refractivity contribution in [3.05, 3.63) is 132 Å². The molecule has 0 fully saturated rings. The van der Waals surface area contributed by atoms with E-state index in [0.29, 0.717) is 0 Å². The van der Waals surface area contributed by atoms with Gasteiger partial charge in [0.05, 0.1) is 0 Å². The average Bonchev–Trinajstić information content (AvgIpc) is 2.93. The molecule has 0 heterocycles. The Kier molecular flexibility index (Phi) is 6.78. The number of hydrogen-bond donors (Lipinski definition) is 0. The Morgan fingerprint density at radius 1 is 0.595 bits per heavy atom. The molecular weight excluding hydrogens is 450 g/mol. The van der Waals surface area contributed by atoms with Crippen LogP contribution in [0.25, 0.3) is 16.3 Å². The Hall–Kier alpha value is -4.37. The third kappa shape index (κ3) is 4.99. The number of benzene rings is 4. The van der Waals surface area contributed by atoms with Crippen molar-refractivity contribution in [2.75, 3.05) is 45.0 Å². The molecule has 5 rings (SSSR count). The highest BCUT2D eigenvalue weighted by Gasteiger charge is 2.15. The molecule has 4 aromatic carbocycles. The third-order valence-electron chi connectivity index (χ3n) is 7.02. The minimum atomic E-state index is 1.16. The lowest BCUT2D eigenvalue weighted by molar-refractivity contribution is -0.462. The summed E-state index contributed by atoms with van der Waals surface area (Å²) in [6.07, 6.45) is 8.82. The molecule has 0 bridgehead atoms. The van der Waals surface area contributed by atoms with Gasteiger partial charge in [0.1, 0.15) is 14.1 Å². The van der Waals surface area contributed by atoms with Gasteiger partial charge in [-0.15, -0.1) is 0 Å². The van der Waals surface area contributed by atoms with E-state index in [2.05, 4.69) is 165 Å². The molecule has 0 unspecified atom stereocenters. The highest BCUT2D eigenvalue weighted by atomic mass is 15.1. The van der Waals surface area contributed by atoms with Gasteiger partial charge in [0.15, 0.2) is 5.71 Å². The highest BCUT2D eigenvalue weighted by Crippen LogP contribution is 2.34. The van der Waals surface area contributed by atoms with Crippen LogP contribution in [0.5, 0.6) is 0 Å². The summed E-state index contributed by atoms with van der Waals surface area (Å²) >= 11 is 0. The summed E-state index contributed by atoms with van der Waals surface area (Å²) in [5.41, 5.74) is 9.59. The Morgan fingerprint density at radius 2 is 1.16 bits per heavy atom. The van der Waals surface area contributed by atoms with Crippen LogP contribution in [0.2, 0.25) is 0 Å². The molecule has 0 atom stereocenters. The summed E-state index contributed by atoms with van der Waals surface area (Å²) in [5.74, 6) is 0. The molecule has 0 saturated carbocycles. The van der Waals surface area contributed by atoms with Crippen molar-refractivity contribution >= 4 is 39.1 Å². The molecule has 1 aliphatic rings. The molecule has 0 amide bonds. The van der Waals surface area contributed by atoms with Crippen molar-refractivity contribution < 1.29 is 4.58 Å². The second kappa shape index (κ2) is 10.3. The zero-order valence-corrected chi connectivity index (χ0v) is 22.3. The zero-order chi connectivity index (χ0) is 25.9. The van der Waals surface area contributed by atoms with Gasteiger partial charge in [0.25, 0.3) is 0 Å². The van der Waals surface area contributed by atoms with Gasteiger partial charge >= 0.3 is 0 Å². The van der Waals surface area contributed by atoms with Crippen LogP contribution in [-0.4, -0.2) is 45.5 Å². The summed E-state index contributed by atoms with van der Waals surface area (Å²) in [5, 5.41) is 2.51. The fraction of sp³-hybridized carbons (Fsp3) is 0.147. The van der Waals surface area contributed by atoms with Gasteiger partial charge < -0.3 is 9.80 Å². The fourth-order valence-corrected chi connectivity index (χ4v) is 4.84. The fourth-order valence-electron chi connectivity index (χ4n) is 4.84. The molecule has 0 N–H and O–H groups in total. The molecule has 0 saturated heterocycles. The SMILES string of the molecule is CN(C)c1ccc(C(=C2C=CC(=[N+](C)C)C=C2)c2ccc(N(C)c3cccc4ccccc34)cc2)cc1. The molecule has 0 radical (unpaired) electrons. The van der Waals surface area contributed by atoms with Crippen LogP contribution in [-0.2, 0) is 0 Å². The predicted molar refractivity (Wildman–Crippen MR) is 161 cm³/mol. The molecule has 0 aliphatic heterocycles. The molecule has 3 nitrogen and oxygen atoms in total. The number of fused-ring (bicyclic) bond motifs is 1. The smallest absolute Gasteiger partial charge is 0.199 e. The van der Waals surface area contributed by atoms with E-state index in [9.17, 15) is 0 Å². The number of hydrogen-bond acceptors (Lipinski definition) is 2. The lowest BCUT2D eigenvalue weighted by Gasteiger charge is -2.22. The van der Waals surface area contributed by atoms with Crippen molar-refractivity contribution in [2.24, 2.45) is 0 Å². The minimum absolute atomic E-state index is 1.16. The van der Waals surface area contributed by atoms with Crippen LogP contribution in [0.1, 0.15) is 11.1 Å².